The van der Waals surface area contributed by atoms with Crippen molar-refractivity contribution < 1.29 is 19.1 Å². The predicted octanol–water partition coefficient (Wildman–Crippen LogP) is 3.85. The van der Waals surface area contributed by atoms with Crippen LogP contribution < -0.4 is 4.74 Å². The van der Waals surface area contributed by atoms with Gasteiger partial charge in [0.25, 0.3) is 0 Å². The zero-order chi connectivity index (χ0) is 19.5. The van der Waals surface area contributed by atoms with Crippen LogP contribution in [0.15, 0.2) is 48.7 Å². The minimum atomic E-state index is -0.280. The number of nitrogens with zero attached hydrogens (tertiary/aromatic N) is 2. The predicted molar refractivity (Wildman–Crippen MR) is 103 cm³/mol. The number of methoxy groups -OCH3 is 1. The van der Waals surface area contributed by atoms with Crippen molar-refractivity contribution in [3.8, 4) is 5.75 Å². The molecule has 1 aromatic carbocycles. The van der Waals surface area contributed by atoms with Crippen LogP contribution in [0, 0.1) is 5.92 Å². The second-order valence-corrected chi connectivity index (χ2v) is 7.42. The smallest absolute Gasteiger partial charge is 0.410 e. The number of carbonyl (C=O) groups excluding carboxylic acids is 2. The topological polar surface area (TPSA) is 68.7 Å². The van der Waals surface area contributed by atoms with Crippen LogP contribution in [0.25, 0.3) is 0 Å². The van der Waals surface area contributed by atoms with Gasteiger partial charge in [0.15, 0.2) is 5.78 Å². The molecule has 146 valence electrons. The van der Waals surface area contributed by atoms with Crippen LogP contribution >= 0.6 is 0 Å². The minimum Gasteiger partial charge on any atom is -0.494 e. The van der Waals surface area contributed by atoms with E-state index in [0.29, 0.717) is 24.3 Å². The van der Waals surface area contributed by atoms with Crippen molar-refractivity contribution in [3.05, 3.63) is 59.9 Å². The number of Topliss-reactive ketones (excluding diaryl/α,β-unsaturated/α-hetero) is 1. The van der Waals surface area contributed by atoms with Crippen LogP contribution in [0.1, 0.15) is 41.7 Å². The Kier molecular flexibility index (Phi) is 5.28. The molecule has 0 radical (unpaired) electrons. The molecule has 1 aromatic heterocycles. The van der Waals surface area contributed by atoms with Gasteiger partial charge in [0.1, 0.15) is 18.1 Å². The number of carbonyl (C=O) groups is 2. The third kappa shape index (κ3) is 3.59. The first-order chi connectivity index (χ1) is 13.7. The zero-order valence-electron chi connectivity index (χ0n) is 15.9. The summed E-state index contributed by atoms with van der Waals surface area (Å²) >= 11 is 0. The second kappa shape index (κ2) is 8.00. The number of pyridine rings is 1. The molecule has 2 bridgehead atoms. The number of amides is 1. The third-order valence-corrected chi connectivity index (χ3v) is 5.74. The molecule has 0 N–H and O–H groups in total. The second-order valence-electron chi connectivity index (χ2n) is 7.42. The average molecular weight is 380 g/mol. The summed E-state index contributed by atoms with van der Waals surface area (Å²) in [6, 6.07) is 13.3. The maximum Gasteiger partial charge on any atom is 0.410 e. The quantitative estimate of drug-likeness (QED) is 0.737. The average Bonchev–Trinajstić information content (AvgIpc) is 3.01. The first-order valence-electron chi connectivity index (χ1n) is 9.69. The molecular weight excluding hydrogens is 356 g/mol. The number of benzene rings is 1. The first kappa shape index (κ1) is 18.5. The lowest BCUT2D eigenvalue weighted by Crippen LogP contribution is -2.48. The van der Waals surface area contributed by atoms with Crippen molar-refractivity contribution in [2.24, 2.45) is 5.92 Å². The van der Waals surface area contributed by atoms with Gasteiger partial charge in [-0.2, -0.15) is 0 Å². The molecule has 2 aliphatic rings. The SMILES string of the molecule is COc1cccnc1C(=O)C1CC2CCC(C1)N2C(=O)OCc1ccccc1. The van der Waals surface area contributed by atoms with Crippen LogP contribution in [-0.2, 0) is 11.3 Å². The van der Waals surface area contributed by atoms with Crippen LogP contribution in [-0.4, -0.2) is 41.0 Å². The molecule has 1 amide bonds. The number of fused-ring (bicyclic) bond motifs is 2. The summed E-state index contributed by atoms with van der Waals surface area (Å²) in [4.78, 5) is 31.8. The molecule has 28 heavy (non-hydrogen) atoms. The molecule has 6 nitrogen and oxygen atoms in total. The maximum atomic E-state index is 13.0. The summed E-state index contributed by atoms with van der Waals surface area (Å²) in [5.74, 6) is 0.371. The zero-order valence-corrected chi connectivity index (χ0v) is 15.9. The molecule has 2 atom stereocenters. The molecule has 6 heteroatoms. The minimum absolute atomic E-state index is 0.00616. The highest BCUT2D eigenvalue weighted by atomic mass is 16.6. The standard InChI is InChI=1S/C22H24N2O4/c1-27-19-8-5-11-23-20(19)21(25)16-12-17-9-10-18(13-16)24(17)22(26)28-14-15-6-3-2-4-7-15/h2-8,11,16-18H,9-10,12-14H2,1H3. The normalized spacial score (nSPS) is 23.3. The van der Waals surface area contributed by atoms with Crippen molar-refractivity contribution >= 4 is 11.9 Å². The number of aromatic nitrogens is 1. The molecule has 0 saturated carbocycles. The van der Waals surface area contributed by atoms with E-state index in [9.17, 15) is 9.59 Å². The summed E-state index contributed by atoms with van der Waals surface area (Å²) in [7, 11) is 1.54. The van der Waals surface area contributed by atoms with Gasteiger partial charge in [0, 0.05) is 24.2 Å². The van der Waals surface area contributed by atoms with E-state index < -0.39 is 0 Å². The van der Waals surface area contributed by atoms with Crippen molar-refractivity contribution in [1.82, 2.24) is 9.88 Å². The van der Waals surface area contributed by atoms with E-state index in [0.717, 1.165) is 18.4 Å². The Labute approximate surface area is 164 Å². The summed E-state index contributed by atoms with van der Waals surface area (Å²) in [6.45, 7) is 0.267. The Balaban J connectivity index is 1.41. The highest BCUT2D eigenvalue weighted by Gasteiger charge is 2.46. The Morgan fingerprint density at radius 1 is 1.07 bits per heavy atom. The van der Waals surface area contributed by atoms with Crippen LogP contribution in [0.3, 0.4) is 0 Å². The highest BCUT2D eigenvalue weighted by molar-refractivity contribution is 5.98. The molecule has 0 aliphatic carbocycles. The van der Waals surface area contributed by atoms with Gasteiger partial charge in [-0.05, 0) is 43.4 Å². The monoisotopic (exact) mass is 380 g/mol. The molecule has 0 spiro atoms. The molecule has 2 aromatic rings. The summed E-state index contributed by atoms with van der Waals surface area (Å²) < 4.78 is 10.8. The van der Waals surface area contributed by atoms with E-state index in [1.807, 2.05) is 35.2 Å². The number of hydrogen-bond acceptors (Lipinski definition) is 5. The van der Waals surface area contributed by atoms with Crippen molar-refractivity contribution in [2.45, 2.75) is 44.4 Å². The van der Waals surface area contributed by atoms with Crippen LogP contribution in [0.4, 0.5) is 4.79 Å². The molecule has 4 rings (SSSR count). The molecule has 2 fully saturated rings. The van der Waals surface area contributed by atoms with Gasteiger partial charge >= 0.3 is 6.09 Å². The van der Waals surface area contributed by atoms with Gasteiger partial charge in [-0.3, -0.25) is 4.79 Å². The number of rotatable bonds is 5. The van der Waals surface area contributed by atoms with Crippen molar-refractivity contribution in [3.63, 3.8) is 0 Å². The van der Waals surface area contributed by atoms with E-state index in [1.54, 1.807) is 25.4 Å². The van der Waals surface area contributed by atoms with Crippen molar-refractivity contribution in [1.29, 1.82) is 0 Å². The Morgan fingerprint density at radius 2 is 1.79 bits per heavy atom. The van der Waals surface area contributed by atoms with E-state index in [1.165, 1.54) is 0 Å². The Hall–Kier alpha value is -2.89. The van der Waals surface area contributed by atoms with E-state index in [4.69, 9.17) is 9.47 Å². The molecule has 2 unspecified atom stereocenters. The highest BCUT2D eigenvalue weighted by Crippen LogP contribution is 2.40. The number of piperidine rings is 1. The summed E-state index contributed by atoms with van der Waals surface area (Å²) in [5.41, 5.74) is 1.35. The molecular formula is C22H24N2O4. The third-order valence-electron chi connectivity index (χ3n) is 5.74. The van der Waals surface area contributed by atoms with Gasteiger partial charge in [-0.15, -0.1) is 0 Å². The Morgan fingerprint density at radius 3 is 2.46 bits per heavy atom. The first-order valence-corrected chi connectivity index (χ1v) is 9.69. The van der Waals surface area contributed by atoms with E-state index in [2.05, 4.69) is 4.98 Å². The summed E-state index contributed by atoms with van der Waals surface area (Å²) in [5, 5.41) is 0. The van der Waals surface area contributed by atoms with Gasteiger partial charge in [0.05, 0.1) is 7.11 Å². The Bertz CT molecular complexity index is 841. The number of hydrogen-bond donors (Lipinski definition) is 0. The van der Waals surface area contributed by atoms with E-state index >= 15 is 0 Å². The van der Waals surface area contributed by atoms with Gasteiger partial charge < -0.3 is 14.4 Å². The number of ether oxygens (including phenoxy) is 2. The fraction of sp³-hybridized carbons (Fsp3) is 0.409. The van der Waals surface area contributed by atoms with Crippen LogP contribution in [0.5, 0.6) is 5.75 Å². The van der Waals surface area contributed by atoms with Crippen molar-refractivity contribution in [2.75, 3.05) is 7.11 Å². The van der Waals surface area contributed by atoms with Crippen LogP contribution in [0.2, 0.25) is 0 Å². The molecule has 2 aliphatic heterocycles. The van der Waals surface area contributed by atoms with Gasteiger partial charge in [0.2, 0.25) is 0 Å². The number of ketones is 1. The maximum absolute atomic E-state index is 13.0. The lowest BCUT2D eigenvalue weighted by atomic mass is 9.86. The fourth-order valence-electron chi connectivity index (χ4n) is 4.42. The largest absolute Gasteiger partial charge is 0.494 e. The van der Waals surface area contributed by atoms with Gasteiger partial charge in [-0.1, -0.05) is 30.3 Å². The lowest BCUT2D eigenvalue weighted by Gasteiger charge is -2.37. The van der Waals surface area contributed by atoms with E-state index in [-0.39, 0.29) is 36.5 Å². The van der Waals surface area contributed by atoms with Gasteiger partial charge in [-0.25, -0.2) is 9.78 Å². The molecule has 3 heterocycles. The summed E-state index contributed by atoms with van der Waals surface area (Å²) in [6.07, 6.45) is 4.45. The lowest BCUT2D eigenvalue weighted by molar-refractivity contribution is 0.0482. The molecule has 2 saturated heterocycles. The fourth-order valence-corrected chi connectivity index (χ4v) is 4.42.